The van der Waals surface area contributed by atoms with Crippen LogP contribution < -0.4 is 10.2 Å². The normalized spacial score (nSPS) is 16.4. The van der Waals surface area contributed by atoms with E-state index in [0.717, 1.165) is 35.5 Å². The molecule has 1 amide bonds. The van der Waals surface area contributed by atoms with Gasteiger partial charge in [-0.1, -0.05) is 24.6 Å². The van der Waals surface area contributed by atoms with Gasteiger partial charge in [0.05, 0.1) is 22.6 Å². The number of piperidine rings is 1. The van der Waals surface area contributed by atoms with E-state index in [-0.39, 0.29) is 29.9 Å². The lowest BCUT2D eigenvalue weighted by molar-refractivity contribution is -0.199. The number of benzene rings is 1. The molecule has 10 heteroatoms. The molecule has 3 aromatic rings. The molecule has 0 radical (unpaired) electrons. The molecule has 0 bridgehead atoms. The molecule has 7 nitrogen and oxygen atoms in total. The molecule has 4 heterocycles. The van der Waals surface area contributed by atoms with Gasteiger partial charge in [-0.25, -0.2) is 4.79 Å². The van der Waals surface area contributed by atoms with Gasteiger partial charge < -0.3 is 10.2 Å². The van der Waals surface area contributed by atoms with E-state index in [9.17, 15) is 22.8 Å². The number of hydrogen-bond donors (Lipinski definition) is 1. The Hall–Kier alpha value is -3.66. The number of aromatic nitrogens is 2. The minimum absolute atomic E-state index is 0.169. The molecule has 1 N–H and O–H groups in total. The van der Waals surface area contributed by atoms with Gasteiger partial charge in [0.15, 0.2) is 0 Å². The van der Waals surface area contributed by atoms with Crippen molar-refractivity contribution >= 4 is 11.9 Å². The Kier molecular flexibility index (Phi) is 6.53. The molecule has 2 aromatic heterocycles. The summed E-state index contributed by atoms with van der Waals surface area (Å²) in [6.45, 7) is 3.21. The first-order valence-electron chi connectivity index (χ1n) is 11.9. The van der Waals surface area contributed by atoms with Gasteiger partial charge in [0.25, 0.3) is 5.91 Å². The van der Waals surface area contributed by atoms with Crippen molar-refractivity contribution in [1.82, 2.24) is 19.9 Å². The predicted molar refractivity (Wildman–Crippen MR) is 126 cm³/mol. The molecule has 0 saturated carbocycles. The fourth-order valence-electron chi connectivity index (χ4n) is 4.75. The fraction of sp³-hybridized carbons (Fsp3) is 0.346. The minimum atomic E-state index is -5.18. The summed E-state index contributed by atoms with van der Waals surface area (Å²) in [6, 6.07) is 12.8. The van der Waals surface area contributed by atoms with E-state index in [4.69, 9.17) is 4.84 Å². The summed E-state index contributed by atoms with van der Waals surface area (Å²) in [4.78, 5) is 35.7. The molecule has 188 valence electrons. The quantitative estimate of drug-likeness (QED) is 0.576. The van der Waals surface area contributed by atoms with Gasteiger partial charge in [0, 0.05) is 36.8 Å². The average Bonchev–Trinajstić information content (AvgIpc) is 3.24. The van der Waals surface area contributed by atoms with E-state index >= 15 is 0 Å². The van der Waals surface area contributed by atoms with Gasteiger partial charge in [-0.15, -0.1) is 0 Å². The van der Waals surface area contributed by atoms with E-state index < -0.39 is 18.1 Å². The summed E-state index contributed by atoms with van der Waals surface area (Å²) in [5, 5.41) is 2.66. The van der Waals surface area contributed by atoms with Crippen LogP contribution in [0.2, 0.25) is 0 Å². The van der Waals surface area contributed by atoms with Crippen molar-refractivity contribution in [2.24, 2.45) is 0 Å². The van der Waals surface area contributed by atoms with Crippen LogP contribution in [0, 0.1) is 0 Å². The van der Waals surface area contributed by atoms with Gasteiger partial charge >= 0.3 is 12.1 Å². The van der Waals surface area contributed by atoms with Gasteiger partial charge in [-0.05, 0) is 55.8 Å². The van der Waals surface area contributed by atoms with Crippen LogP contribution in [0.3, 0.4) is 0 Å². The number of carbonyl (C=O) groups is 2. The number of hydrogen-bond acceptors (Lipinski definition) is 5. The number of fused-ring (bicyclic) bond motifs is 1. The highest BCUT2D eigenvalue weighted by Crippen LogP contribution is 2.31. The van der Waals surface area contributed by atoms with Crippen LogP contribution >= 0.6 is 0 Å². The maximum absolute atomic E-state index is 13.0. The Morgan fingerprint density at radius 1 is 1.06 bits per heavy atom. The summed E-state index contributed by atoms with van der Waals surface area (Å²) in [5.41, 5.74) is 3.66. The van der Waals surface area contributed by atoms with Gasteiger partial charge in [-0.3, -0.25) is 14.7 Å². The number of alkyl halides is 3. The maximum atomic E-state index is 13.0. The van der Waals surface area contributed by atoms with Crippen molar-refractivity contribution in [1.29, 1.82) is 0 Å². The standard InChI is InChI=1S/C26H25F3N4O3/c27-26(28,29)25(35)36-33-22-8-10-31-24(34)20(22)15-23(33)19-7-9-30-21(14-19)18-6-4-5-17(13-18)16-32-11-2-1-3-12-32/h4-7,9,13-15H,1-3,8,10-12,16H2,(H,31,34). The number of halogens is 3. The Morgan fingerprint density at radius 3 is 2.64 bits per heavy atom. The smallest absolute Gasteiger partial charge is 0.352 e. The zero-order valence-corrected chi connectivity index (χ0v) is 19.5. The fourth-order valence-corrected chi connectivity index (χ4v) is 4.75. The van der Waals surface area contributed by atoms with E-state index in [1.165, 1.54) is 25.3 Å². The molecule has 0 unspecified atom stereocenters. The average molecular weight is 499 g/mol. The van der Waals surface area contributed by atoms with E-state index in [1.54, 1.807) is 18.3 Å². The largest absolute Gasteiger partial charge is 0.493 e. The summed E-state index contributed by atoms with van der Waals surface area (Å²) >= 11 is 0. The topological polar surface area (TPSA) is 76.5 Å². The van der Waals surface area contributed by atoms with Crippen LogP contribution in [0.4, 0.5) is 13.2 Å². The van der Waals surface area contributed by atoms with E-state index in [0.29, 0.717) is 11.3 Å². The Morgan fingerprint density at radius 2 is 1.86 bits per heavy atom. The number of amides is 1. The lowest BCUT2D eigenvalue weighted by atomic mass is 10.0. The van der Waals surface area contributed by atoms with Crippen LogP contribution in [-0.4, -0.2) is 52.3 Å². The Labute approximate surface area is 205 Å². The number of likely N-dealkylation sites (tertiary alicyclic amines) is 1. The van der Waals surface area contributed by atoms with Crippen LogP contribution in [0.15, 0.2) is 48.7 Å². The molecular weight excluding hydrogens is 473 g/mol. The number of rotatable bonds is 5. The minimum Gasteiger partial charge on any atom is -0.352 e. The lowest BCUT2D eigenvalue weighted by Crippen LogP contribution is -2.37. The first-order valence-corrected chi connectivity index (χ1v) is 11.9. The van der Waals surface area contributed by atoms with E-state index in [2.05, 4.69) is 27.3 Å². The zero-order valence-electron chi connectivity index (χ0n) is 19.5. The van der Waals surface area contributed by atoms with Crippen molar-refractivity contribution in [2.75, 3.05) is 19.6 Å². The van der Waals surface area contributed by atoms with Crippen molar-refractivity contribution in [3.8, 4) is 22.5 Å². The first-order chi connectivity index (χ1) is 17.3. The number of nitrogens with one attached hydrogen (secondary N) is 1. The molecule has 0 atom stereocenters. The second-order valence-corrected chi connectivity index (χ2v) is 9.03. The lowest BCUT2D eigenvalue weighted by Gasteiger charge is -2.26. The summed E-state index contributed by atoms with van der Waals surface area (Å²) < 4.78 is 39.8. The molecule has 2 aliphatic rings. The van der Waals surface area contributed by atoms with Crippen LogP contribution in [0.25, 0.3) is 22.5 Å². The molecule has 2 aliphatic heterocycles. The van der Waals surface area contributed by atoms with E-state index in [1.807, 2.05) is 12.1 Å². The molecule has 1 aromatic carbocycles. The molecule has 1 saturated heterocycles. The third-order valence-corrected chi connectivity index (χ3v) is 6.49. The highest BCUT2D eigenvalue weighted by molar-refractivity contribution is 5.98. The number of pyridine rings is 1. The van der Waals surface area contributed by atoms with Gasteiger partial charge in [0.2, 0.25) is 0 Å². The Balaban J connectivity index is 1.50. The predicted octanol–water partition coefficient (Wildman–Crippen LogP) is 4.01. The summed E-state index contributed by atoms with van der Waals surface area (Å²) in [6.07, 6.45) is 0.252. The molecule has 1 fully saturated rings. The SMILES string of the molecule is O=C1NCCc2c1cc(-c1ccnc(-c3cccc(CN4CCCCC4)c3)c1)n2OC(=O)C(F)(F)F. The maximum Gasteiger partial charge on any atom is 0.493 e. The summed E-state index contributed by atoms with van der Waals surface area (Å²) in [5.74, 6) is -2.79. The highest BCUT2D eigenvalue weighted by atomic mass is 19.4. The van der Waals surface area contributed by atoms with Crippen molar-refractivity contribution in [3.63, 3.8) is 0 Å². The molecule has 0 spiro atoms. The monoisotopic (exact) mass is 498 g/mol. The number of carbonyl (C=O) groups excluding carboxylic acids is 2. The van der Waals surface area contributed by atoms with Gasteiger partial charge in [-0.2, -0.15) is 17.9 Å². The van der Waals surface area contributed by atoms with Crippen molar-refractivity contribution in [2.45, 2.75) is 38.4 Å². The van der Waals surface area contributed by atoms with Crippen LogP contribution in [0.1, 0.15) is 40.9 Å². The van der Waals surface area contributed by atoms with Crippen LogP contribution in [0.5, 0.6) is 0 Å². The highest BCUT2D eigenvalue weighted by Gasteiger charge is 2.43. The summed E-state index contributed by atoms with van der Waals surface area (Å²) in [7, 11) is 0. The first kappa shape index (κ1) is 24.1. The van der Waals surface area contributed by atoms with Crippen molar-refractivity contribution in [3.05, 3.63) is 65.5 Å². The third-order valence-electron chi connectivity index (χ3n) is 6.49. The third kappa shape index (κ3) is 4.99. The second kappa shape index (κ2) is 9.77. The zero-order chi connectivity index (χ0) is 25.3. The van der Waals surface area contributed by atoms with Gasteiger partial charge in [0.1, 0.15) is 0 Å². The van der Waals surface area contributed by atoms with Crippen molar-refractivity contribution < 1.29 is 27.6 Å². The molecule has 0 aliphatic carbocycles. The Bertz CT molecular complexity index is 1300. The second-order valence-electron chi connectivity index (χ2n) is 9.03. The molecular formula is C26H25F3N4O3. The number of nitrogens with zero attached hydrogens (tertiary/aromatic N) is 3. The van der Waals surface area contributed by atoms with Crippen LogP contribution in [-0.2, 0) is 17.8 Å². The molecule has 5 rings (SSSR count). The molecule has 36 heavy (non-hydrogen) atoms.